The quantitative estimate of drug-likeness (QED) is 0.739. The van der Waals surface area contributed by atoms with Crippen molar-refractivity contribution < 1.29 is 4.79 Å². The highest BCUT2D eigenvalue weighted by atomic mass is 35.5. The first-order valence-electron chi connectivity index (χ1n) is 8.24. The molecule has 1 amide bonds. The van der Waals surface area contributed by atoms with Gasteiger partial charge in [0.25, 0.3) is 0 Å². The molecule has 1 N–H and O–H groups in total. The zero-order chi connectivity index (χ0) is 17.8. The number of likely N-dealkylation sites (tertiary alicyclic amines) is 1. The molecule has 1 heterocycles. The number of carbonyl (C=O) groups is 1. The third-order valence-electron chi connectivity index (χ3n) is 4.36. The summed E-state index contributed by atoms with van der Waals surface area (Å²) in [5.41, 5.74) is 1.72. The predicted octanol–water partition coefficient (Wildman–Crippen LogP) is 5.50. The molecular formula is C19H19Cl3N2O. The molecule has 6 heteroatoms. The van der Waals surface area contributed by atoms with E-state index < -0.39 is 0 Å². The van der Waals surface area contributed by atoms with Crippen molar-refractivity contribution in [3.63, 3.8) is 0 Å². The van der Waals surface area contributed by atoms with E-state index in [0.717, 1.165) is 36.5 Å². The predicted molar refractivity (Wildman–Crippen MR) is 105 cm³/mol. The number of benzene rings is 2. The van der Waals surface area contributed by atoms with Crippen molar-refractivity contribution in [2.75, 3.05) is 18.4 Å². The molecule has 1 aliphatic rings. The molecule has 25 heavy (non-hydrogen) atoms. The lowest BCUT2D eigenvalue weighted by atomic mass is 9.96. The van der Waals surface area contributed by atoms with Gasteiger partial charge in [-0.05, 0) is 49.2 Å². The molecule has 0 spiro atoms. The zero-order valence-electron chi connectivity index (χ0n) is 13.6. The minimum atomic E-state index is -0.0611. The van der Waals surface area contributed by atoms with Gasteiger partial charge in [-0.3, -0.25) is 9.69 Å². The summed E-state index contributed by atoms with van der Waals surface area (Å²) < 4.78 is 0. The summed E-state index contributed by atoms with van der Waals surface area (Å²) in [6.45, 7) is 2.44. The van der Waals surface area contributed by atoms with Gasteiger partial charge in [0, 0.05) is 33.8 Å². The molecule has 1 saturated heterocycles. The van der Waals surface area contributed by atoms with E-state index in [0.29, 0.717) is 22.3 Å². The molecule has 0 radical (unpaired) electrons. The minimum absolute atomic E-state index is 0.00203. The van der Waals surface area contributed by atoms with E-state index in [1.165, 1.54) is 0 Å². The lowest BCUT2D eigenvalue weighted by molar-refractivity contribution is -0.121. The van der Waals surface area contributed by atoms with E-state index in [-0.39, 0.29) is 11.8 Å². The SMILES string of the molecule is O=C(Nc1cc(Cl)cc(Cl)c1)C1CCCN(Cc2ccccc2Cl)C1. The van der Waals surface area contributed by atoms with Gasteiger partial charge in [-0.1, -0.05) is 53.0 Å². The maximum absolute atomic E-state index is 12.6. The van der Waals surface area contributed by atoms with Crippen LogP contribution in [0.15, 0.2) is 42.5 Å². The first-order valence-corrected chi connectivity index (χ1v) is 9.37. The Bertz CT molecular complexity index is 746. The van der Waals surface area contributed by atoms with Crippen LogP contribution in [0.5, 0.6) is 0 Å². The van der Waals surface area contributed by atoms with Crippen molar-refractivity contribution in [3.05, 3.63) is 63.1 Å². The summed E-state index contributed by atoms with van der Waals surface area (Å²) in [5, 5.41) is 4.71. The molecule has 1 aliphatic heterocycles. The van der Waals surface area contributed by atoms with E-state index in [2.05, 4.69) is 10.2 Å². The molecule has 1 atom stereocenters. The Morgan fingerprint density at radius 3 is 2.56 bits per heavy atom. The van der Waals surface area contributed by atoms with Crippen LogP contribution >= 0.6 is 34.8 Å². The number of rotatable bonds is 4. The minimum Gasteiger partial charge on any atom is -0.326 e. The van der Waals surface area contributed by atoms with E-state index in [1.807, 2.05) is 24.3 Å². The Labute approximate surface area is 162 Å². The molecule has 132 valence electrons. The number of carbonyl (C=O) groups excluding carboxylic acids is 1. The Morgan fingerprint density at radius 1 is 1.12 bits per heavy atom. The van der Waals surface area contributed by atoms with Crippen LogP contribution in [0.4, 0.5) is 5.69 Å². The van der Waals surface area contributed by atoms with Crippen molar-refractivity contribution in [1.29, 1.82) is 0 Å². The molecule has 3 nitrogen and oxygen atoms in total. The topological polar surface area (TPSA) is 32.3 Å². The molecule has 0 aliphatic carbocycles. The van der Waals surface area contributed by atoms with Crippen LogP contribution in [0, 0.1) is 5.92 Å². The second-order valence-electron chi connectivity index (χ2n) is 6.31. The number of hydrogen-bond acceptors (Lipinski definition) is 2. The number of hydrogen-bond donors (Lipinski definition) is 1. The van der Waals surface area contributed by atoms with E-state index >= 15 is 0 Å². The fourth-order valence-electron chi connectivity index (χ4n) is 3.15. The van der Waals surface area contributed by atoms with Gasteiger partial charge in [0.1, 0.15) is 0 Å². The highest BCUT2D eigenvalue weighted by Gasteiger charge is 2.26. The van der Waals surface area contributed by atoms with Crippen LogP contribution in [0.25, 0.3) is 0 Å². The number of nitrogens with one attached hydrogen (secondary N) is 1. The lowest BCUT2D eigenvalue weighted by Gasteiger charge is -2.32. The molecule has 1 unspecified atom stereocenters. The van der Waals surface area contributed by atoms with Gasteiger partial charge in [0.2, 0.25) is 5.91 Å². The Hall–Kier alpha value is -1.26. The summed E-state index contributed by atoms with van der Waals surface area (Å²) in [6, 6.07) is 12.9. The third-order valence-corrected chi connectivity index (χ3v) is 5.16. The normalized spacial score (nSPS) is 18.1. The average molecular weight is 398 g/mol. The van der Waals surface area contributed by atoms with Crippen molar-refractivity contribution in [2.24, 2.45) is 5.92 Å². The fourth-order valence-corrected chi connectivity index (χ4v) is 3.87. The van der Waals surface area contributed by atoms with E-state index in [9.17, 15) is 4.79 Å². The molecular weight excluding hydrogens is 379 g/mol. The average Bonchev–Trinajstić information content (AvgIpc) is 2.56. The molecule has 0 aromatic heterocycles. The molecule has 0 bridgehead atoms. The summed E-state index contributed by atoms with van der Waals surface area (Å²) in [6.07, 6.45) is 1.86. The van der Waals surface area contributed by atoms with E-state index in [1.54, 1.807) is 18.2 Å². The Morgan fingerprint density at radius 2 is 1.84 bits per heavy atom. The summed E-state index contributed by atoms with van der Waals surface area (Å²) in [7, 11) is 0. The number of nitrogens with zero attached hydrogens (tertiary/aromatic N) is 1. The smallest absolute Gasteiger partial charge is 0.228 e. The monoisotopic (exact) mass is 396 g/mol. The van der Waals surface area contributed by atoms with E-state index in [4.69, 9.17) is 34.8 Å². The van der Waals surface area contributed by atoms with Crippen LogP contribution in [-0.4, -0.2) is 23.9 Å². The zero-order valence-corrected chi connectivity index (χ0v) is 15.9. The summed E-state index contributed by atoms with van der Waals surface area (Å²) in [5.74, 6) is -0.0591. The Kier molecular flexibility index (Phi) is 6.24. The first-order chi connectivity index (χ1) is 12.0. The number of anilines is 1. The van der Waals surface area contributed by atoms with Crippen molar-refractivity contribution in [3.8, 4) is 0 Å². The van der Waals surface area contributed by atoms with Gasteiger partial charge in [-0.15, -0.1) is 0 Å². The van der Waals surface area contributed by atoms with Gasteiger partial charge >= 0.3 is 0 Å². The van der Waals surface area contributed by atoms with Gasteiger partial charge in [-0.25, -0.2) is 0 Å². The molecule has 1 fully saturated rings. The fraction of sp³-hybridized carbons (Fsp3) is 0.316. The van der Waals surface area contributed by atoms with Gasteiger partial charge < -0.3 is 5.32 Å². The van der Waals surface area contributed by atoms with Crippen molar-refractivity contribution in [1.82, 2.24) is 4.90 Å². The third kappa shape index (κ3) is 5.11. The molecule has 2 aromatic rings. The van der Waals surface area contributed by atoms with Crippen LogP contribution in [-0.2, 0) is 11.3 Å². The summed E-state index contributed by atoms with van der Waals surface area (Å²) >= 11 is 18.2. The Balaban J connectivity index is 1.62. The molecule has 3 rings (SSSR count). The molecule has 0 saturated carbocycles. The first kappa shape index (κ1) is 18.5. The number of amides is 1. The van der Waals surface area contributed by atoms with Gasteiger partial charge in [-0.2, -0.15) is 0 Å². The van der Waals surface area contributed by atoms with Gasteiger partial charge in [0.15, 0.2) is 0 Å². The maximum Gasteiger partial charge on any atom is 0.228 e. The maximum atomic E-state index is 12.6. The van der Waals surface area contributed by atoms with Crippen LogP contribution < -0.4 is 5.32 Å². The van der Waals surface area contributed by atoms with Gasteiger partial charge in [0.05, 0.1) is 5.92 Å². The largest absolute Gasteiger partial charge is 0.326 e. The second-order valence-corrected chi connectivity index (χ2v) is 7.59. The number of piperidine rings is 1. The molecule has 2 aromatic carbocycles. The van der Waals surface area contributed by atoms with Crippen LogP contribution in [0.3, 0.4) is 0 Å². The highest BCUT2D eigenvalue weighted by Crippen LogP contribution is 2.25. The number of halogens is 3. The van der Waals surface area contributed by atoms with Crippen molar-refractivity contribution >= 4 is 46.4 Å². The second kappa shape index (κ2) is 8.41. The van der Waals surface area contributed by atoms with Crippen LogP contribution in [0.2, 0.25) is 15.1 Å². The van der Waals surface area contributed by atoms with Crippen LogP contribution in [0.1, 0.15) is 18.4 Å². The highest BCUT2D eigenvalue weighted by molar-refractivity contribution is 6.35. The van der Waals surface area contributed by atoms with Crippen molar-refractivity contribution in [2.45, 2.75) is 19.4 Å². The summed E-state index contributed by atoms with van der Waals surface area (Å²) in [4.78, 5) is 14.9. The standard InChI is InChI=1S/C19H19Cl3N2O/c20-15-8-16(21)10-17(9-15)23-19(25)14-5-3-7-24(12-14)11-13-4-1-2-6-18(13)22/h1-2,4,6,8-10,14H,3,5,7,11-12H2,(H,23,25). The lowest BCUT2D eigenvalue weighted by Crippen LogP contribution is -2.40.